The molecule has 128 valence electrons. The van der Waals surface area contributed by atoms with Gasteiger partial charge in [0, 0.05) is 13.1 Å². The Bertz CT molecular complexity index is 552. The normalized spacial score (nSPS) is 21.2. The molecule has 0 aliphatic carbocycles. The minimum atomic E-state index is -3.79. The summed E-state index contributed by atoms with van der Waals surface area (Å²) in [5.74, 6) is -0.390. The molecule has 0 spiro atoms. The Morgan fingerprint density at radius 2 is 2.13 bits per heavy atom. The van der Waals surface area contributed by atoms with Gasteiger partial charge in [0.1, 0.15) is 5.66 Å². The number of hydrogen-bond acceptors (Lipinski definition) is 3. The molecule has 0 saturated carbocycles. The van der Waals surface area contributed by atoms with Crippen molar-refractivity contribution in [3.8, 4) is 0 Å². The molecule has 1 heterocycles. The number of hydrogen-bond donors (Lipinski definition) is 2. The van der Waals surface area contributed by atoms with Crippen LogP contribution in [0.5, 0.6) is 0 Å². The summed E-state index contributed by atoms with van der Waals surface area (Å²) in [7, 11) is -3.79. The molecular weight excluding hydrogens is 315 g/mol. The number of piperidine rings is 1. The van der Waals surface area contributed by atoms with E-state index in [9.17, 15) is 14.3 Å². The first-order chi connectivity index (χ1) is 11.0. The molecule has 1 aromatic carbocycles. The van der Waals surface area contributed by atoms with Crippen molar-refractivity contribution in [2.45, 2.75) is 44.8 Å². The predicted octanol–water partition coefficient (Wildman–Crippen LogP) is 2.68. The highest BCUT2D eigenvalue weighted by molar-refractivity contribution is 7.57. The number of hydroxylamine groups is 2. The number of unbranched alkanes of at least 4 members (excludes halogenated alkanes) is 1. The fraction of sp³-hybridized carbons (Fsp3) is 0.562. The molecule has 1 aromatic rings. The molecule has 0 aromatic heterocycles. The van der Waals surface area contributed by atoms with Gasteiger partial charge in [-0.05, 0) is 24.8 Å². The molecule has 23 heavy (non-hydrogen) atoms. The second-order valence-electron chi connectivity index (χ2n) is 5.73. The number of nitrogens with one attached hydrogen (secondary N) is 1. The first-order valence-electron chi connectivity index (χ1n) is 8.10. The van der Waals surface area contributed by atoms with Crippen LogP contribution >= 0.6 is 7.52 Å². The maximum Gasteiger partial charge on any atom is 0.279 e. The quantitative estimate of drug-likeness (QED) is 0.562. The molecule has 1 amide bonds. The largest absolute Gasteiger partial charge is 0.333 e. The Morgan fingerprint density at radius 3 is 2.83 bits per heavy atom. The molecule has 1 saturated heterocycles. The van der Waals surface area contributed by atoms with Crippen LogP contribution < -0.4 is 5.09 Å². The maximum absolute atomic E-state index is 12.6. The molecule has 2 rings (SSSR count). The van der Waals surface area contributed by atoms with Gasteiger partial charge in [-0.25, -0.2) is 10.2 Å². The standard InChI is InChI=1S/C16H25N2O4P/c1-2-3-12-22-18-11-7-10-15(16(18)19)23(20,21)17-13-14-8-5-4-6-9-14/h4-6,8-9,15H,2-3,7,10-13H2,1H3,(H2,17,20,21). The zero-order valence-corrected chi connectivity index (χ0v) is 14.4. The van der Waals surface area contributed by atoms with Crippen molar-refractivity contribution in [2.24, 2.45) is 0 Å². The minimum Gasteiger partial charge on any atom is -0.333 e. The van der Waals surface area contributed by atoms with Crippen molar-refractivity contribution in [1.82, 2.24) is 10.2 Å². The number of rotatable bonds is 8. The van der Waals surface area contributed by atoms with Crippen molar-refractivity contribution in [3.63, 3.8) is 0 Å². The van der Waals surface area contributed by atoms with E-state index in [1.165, 1.54) is 5.06 Å². The average Bonchev–Trinajstić information content (AvgIpc) is 2.56. The number of nitrogens with zero attached hydrogens (tertiary/aromatic N) is 1. The number of benzene rings is 1. The topological polar surface area (TPSA) is 78.9 Å². The molecule has 0 bridgehead atoms. The average molecular weight is 340 g/mol. The van der Waals surface area contributed by atoms with Gasteiger partial charge >= 0.3 is 0 Å². The van der Waals surface area contributed by atoms with Crippen LogP contribution in [0.4, 0.5) is 0 Å². The van der Waals surface area contributed by atoms with Gasteiger partial charge in [0.15, 0.2) is 0 Å². The van der Waals surface area contributed by atoms with E-state index in [-0.39, 0.29) is 6.54 Å². The van der Waals surface area contributed by atoms with Crippen LogP contribution in [0.25, 0.3) is 0 Å². The number of carbonyl (C=O) groups excluding carboxylic acids is 1. The second-order valence-corrected chi connectivity index (χ2v) is 7.91. The minimum absolute atomic E-state index is 0.259. The van der Waals surface area contributed by atoms with Crippen molar-refractivity contribution in [1.29, 1.82) is 0 Å². The van der Waals surface area contributed by atoms with E-state index in [1.54, 1.807) is 0 Å². The third-order valence-corrected chi connectivity index (χ3v) is 5.82. The fourth-order valence-electron chi connectivity index (χ4n) is 2.51. The summed E-state index contributed by atoms with van der Waals surface area (Å²) in [6.07, 6.45) is 2.90. The van der Waals surface area contributed by atoms with Gasteiger partial charge in [-0.3, -0.25) is 14.2 Å². The van der Waals surface area contributed by atoms with Crippen molar-refractivity contribution >= 4 is 13.4 Å². The summed E-state index contributed by atoms with van der Waals surface area (Å²) < 4.78 is 12.6. The van der Waals surface area contributed by atoms with Crippen LogP contribution in [0.3, 0.4) is 0 Å². The molecule has 1 aliphatic heterocycles. The molecule has 2 unspecified atom stereocenters. The van der Waals surface area contributed by atoms with Crippen LogP contribution in [0.1, 0.15) is 38.2 Å². The molecular formula is C16H25N2O4P. The highest BCUT2D eigenvalue weighted by atomic mass is 31.2. The molecule has 0 radical (unpaired) electrons. The summed E-state index contributed by atoms with van der Waals surface area (Å²) >= 11 is 0. The monoisotopic (exact) mass is 340 g/mol. The van der Waals surface area contributed by atoms with E-state index in [4.69, 9.17) is 4.84 Å². The summed E-state index contributed by atoms with van der Waals surface area (Å²) in [6, 6.07) is 9.37. The summed E-state index contributed by atoms with van der Waals surface area (Å²) in [5, 5.41) is 3.93. The smallest absolute Gasteiger partial charge is 0.279 e. The molecule has 7 heteroatoms. The van der Waals surface area contributed by atoms with Gasteiger partial charge in [0.05, 0.1) is 6.61 Å². The maximum atomic E-state index is 12.6. The summed E-state index contributed by atoms with van der Waals surface area (Å²) in [4.78, 5) is 28.2. The zero-order chi connectivity index (χ0) is 16.7. The summed E-state index contributed by atoms with van der Waals surface area (Å²) in [6.45, 7) is 3.24. The van der Waals surface area contributed by atoms with Crippen LogP contribution in [0.15, 0.2) is 30.3 Å². The van der Waals surface area contributed by atoms with E-state index in [0.29, 0.717) is 26.0 Å². The molecule has 2 N–H and O–H groups in total. The van der Waals surface area contributed by atoms with E-state index >= 15 is 0 Å². The van der Waals surface area contributed by atoms with Crippen LogP contribution in [-0.4, -0.2) is 34.7 Å². The van der Waals surface area contributed by atoms with Crippen molar-refractivity contribution in [2.75, 3.05) is 13.2 Å². The van der Waals surface area contributed by atoms with Crippen molar-refractivity contribution < 1.29 is 19.1 Å². The summed E-state index contributed by atoms with van der Waals surface area (Å²) in [5.41, 5.74) is -0.0253. The Hall–Kier alpha value is -1.20. The molecule has 1 fully saturated rings. The van der Waals surface area contributed by atoms with Gasteiger partial charge in [0.25, 0.3) is 13.4 Å². The van der Waals surface area contributed by atoms with E-state index in [0.717, 1.165) is 18.4 Å². The first kappa shape index (κ1) is 18.1. The Morgan fingerprint density at radius 1 is 1.39 bits per heavy atom. The van der Waals surface area contributed by atoms with Gasteiger partial charge in [-0.2, -0.15) is 0 Å². The predicted molar refractivity (Wildman–Crippen MR) is 88.7 cm³/mol. The lowest BCUT2D eigenvalue weighted by Gasteiger charge is -2.33. The van der Waals surface area contributed by atoms with E-state index < -0.39 is 19.1 Å². The van der Waals surface area contributed by atoms with Gasteiger partial charge < -0.3 is 4.89 Å². The van der Waals surface area contributed by atoms with Crippen LogP contribution in [0.2, 0.25) is 0 Å². The fourth-order valence-corrected chi connectivity index (χ4v) is 4.10. The second kappa shape index (κ2) is 8.60. The number of amides is 1. The highest BCUT2D eigenvalue weighted by Gasteiger charge is 2.42. The molecule has 2 atom stereocenters. The third kappa shape index (κ3) is 5.15. The van der Waals surface area contributed by atoms with Gasteiger partial charge in [-0.1, -0.05) is 43.7 Å². The first-order valence-corrected chi connectivity index (χ1v) is 9.83. The Kier molecular flexibility index (Phi) is 6.78. The zero-order valence-electron chi connectivity index (χ0n) is 13.5. The van der Waals surface area contributed by atoms with E-state index in [1.807, 2.05) is 37.3 Å². The number of carbonyl (C=O) groups is 1. The molecule has 1 aliphatic rings. The third-order valence-electron chi connectivity index (χ3n) is 3.89. The Balaban J connectivity index is 1.94. The Labute approximate surface area is 137 Å². The lowest BCUT2D eigenvalue weighted by Crippen LogP contribution is -2.45. The van der Waals surface area contributed by atoms with Crippen LogP contribution in [0, 0.1) is 0 Å². The highest BCUT2D eigenvalue weighted by Crippen LogP contribution is 2.46. The van der Waals surface area contributed by atoms with Gasteiger partial charge in [-0.15, -0.1) is 0 Å². The van der Waals surface area contributed by atoms with E-state index in [2.05, 4.69) is 5.09 Å². The van der Waals surface area contributed by atoms with Crippen LogP contribution in [-0.2, 0) is 20.7 Å². The SMILES string of the molecule is CCCCON1CCCC(P(=O)(O)NCc2ccccc2)C1=O. The van der Waals surface area contributed by atoms with Crippen molar-refractivity contribution in [3.05, 3.63) is 35.9 Å². The molecule has 6 nitrogen and oxygen atoms in total. The lowest BCUT2D eigenvalue weighted by atomic mass is 10.1. The lowest BCUT2D eigenvalue weighted by molar-refractivity contribution is -0.191. The van der Waals surface area contributed by atoms with Gasteiger partial charge in [0.2, 0.25) is 0 Å².